The van der Waals surface area contributed by atoms with Crippen LogP contribution >= 0.6 is 11.8 Å². The van der Waals surface area contributed by atoms with Gasteiger partial charge in [0.25, 0.3) is 0 Å². The van der Waals surface area contributed by atoms with Crippen LogP contribution in [0.2, 0.25) is 0 Å². The van der Waals surface area contributed by atoms with Crippen molar-refractivity contribution in [2.75, 3.05) is 25.4 Å². The number of halogens is 1. The molecule has 1 saturated heterocycles. The largest absolute Gasteiger partial charge is 0.396 e. The van der Waals surface area contributed by atoms with E-state index in [2.05, 4.69) is 0 Å². The Hall–Kier alpha value is -1.07. The zero-order valence-electron chi connectivity index (χ0n) is 9.30. The molecule has 3 nitrogen and oxygen atoms in total. The van der Waals surface area contributed by atoms with Gasteiger partial charge >= 0.3 is 0 Å². The second-order valence-corrected chi connectivity index (χ2v) is 5.14. The number of likely N-dealkylation sites (tertiary alicyclic amines) is 1. The first kappa shape index (κ1) is 12.4. The third-order valence-electron chi connectivity index (χ3n) is 2.74. The Labute approximate surface area is 104 Å². The lowest BCUT2D eigenvalue weighted by molar-refractivity contribution is -0.135. The van der Waals surface area contributed by atoms with Gasteiger partial charge in [-0.15, -0.1) is 11.8 Å². The summed E-state index contributed by atoms with van der Waals surface area (Å²) in [6, 6.07) is 6.11. The molecule has 1 heterocycles. The number of aliphatic hydroxyl groups is 1. The summed E-state index contributed by atoms with van der Waals surface area (Å²) in [6.45, 7) is 1.45. The highest BCUT2D eigenvalue weighted by atomic mass is 32.2. The van der Waals surface area contributed by atoms with Crippen molar-refractivity contribution in [3.63, 3.8) is 0 Å². The highest BCUT2D eigenvalue weighted by Crippen LogP contribution is 2.21. The fourth-order valence-electron chi connectivity index (χ4n) is 1.66. The van der Waals surface area contributed by atoms with Crippen LogP contribution in [0.5, 0.6) is 0 Å². The van der Waals surface area contributed by atoms with Gasteiger partial charge in [-0.3, -0.25) is 4.79 Å². The van der Waals surface area contributed by atoms with Crippen molar-refractivity contribution in [2.45, 2.75) is 4.90 Å². The zero-order valence-corrected chi connectivity index (χ0v) is 10.1. The zero-order chi connectivity index (χ0) is 12.3. The summed E-state index contributed by atoms with van der Waals surface area (Å²) >= 11 is 1.40. The third kappa shape index (κ3) is 3.20. The normalized spacial score (nSPS) is 15.8. The summed E-state index contributed by atoms with van der Waals surface area (Å²) < 4.78 is 12.7. The number of hydrogen-bond acceptors (Lipinski definition) is 3. The minimum atomic E-state index is -0.269. The van der Waals surface area contributed by atoms with E-state index in [0.29, 0.717) is 18.8 Å². The molecule has 0 aliphatic carbocycles. The minimum Gasteiger partial charge on any atom is -0.396 e. The van der Waals surface area contributed by atoms with Gasteiger partial charge in [0.05, 0.1) is 5.75 Å². The van der Waals surface area contributed by atoms with Crippen molar-refractivity contribution < 1.29 is 14.3 Å². The second-order valence-electron chi connectivity index (χ2n) is 4.09. The van der Waals surface area contributed by atoms with Gasteiger partial charge in [0.1, 0.15) is 5.82 Å². The van der Waals surface area contributed by atoms with Crippen molar-refractivity contribution in [1.82, 2.24) is 4.90 Å². The van der Waals surface area contributed by atoms with E-state index >= 15 is 0 Å². The van der Waals surface area contributed by atoms with Gasteiger partial charge in [0.15, 0.2) is 0 Å². The maximum atomic E-state index is 12.7. The van der Waals surface area contributed by atoms with Crippen molar-refractivity contribution in [2.24, 2.45) is 5.92 Å². The Bertz CT molecular complexity index is 390. The lowest BCUT2D eigenvalue weighted by Gasteiger charge is -2.38. The smallest absolute Gasteiger partial charge is 0.232 e. The predicted molar refractivity (Wildman–Crippen MR) is 64.3 cm³/mol. The van der Waals surface area contributed by atoms with Crippen LogP contribution < -0.4 is 0 Å². The minimum absolute atomic E-state index is 0.0732. The number of hydrogen-bond donors (Lipinski definition) is 1. The molecule has 92 valence electrons. The van der Waals surface area contributed by atoms with Gasteiger partial charge in [-0.25, -0.2) is 4.39 Å². The number of benzene rings is 1. The van der Waals surface area contributed by atoms with E-state index in [1.54, 1.807) is 17.0 Å². The molecule has 1 N–H and O–H groups in total. The first-order chi connectivity index (χ1) is 8.19. The lowest BCUT2D eigenvalue weighted by Crippen LogP contribution is -2.51. The number of aliphatic hydroxyl groups excluding tert-OH is 1. The van der Waals surface area contributed by atoms with Crippen molar-refractivity contribution in [3.8, 4) is 0 Å². The van der Waals surface area contributed by atoms with Gasteiger partial charge in [-0.1, -0.05) is 0 Å². The van der Waals surface area contributed by atoms with E-state index in [0.717, 1.165) is 4.90 Å². The molecule has 5 heteroatoms. The number of carbonyl (C=O) groups excluding carboxylic acids is 1. The summed E-state index contributed by atoms with van der Waals surface area (Å²) in [7, 11) is 0. The summed E-state index contributed by atoms with van der Waals surface area (Å²) in [5.41, 5.74) is 0. The van der Waals surface area contributed by atoms with Crippen LogP contribution in [0.15, 0.2) is 29.2 Å². The molecule has 1 aromatic carbocycles. The summed E-state index contributed by atoms with van der Waals surface area (Å²) in [6.07, 6.45) is 0. The van der Waals surface area contributed by atoms with Crippen LogP contribution in [0, 0.1) is 11.7 Å². The molecule has 0 aromatic heterocycles. The Balaban J connectivity index is 1.75. The predicted octanol–water partition coefficient (Wildman–Crippen LogP) is 1.37. The lowest BCUT2D eigenvalue weighted by atomic mass is 10.0. The number of amides is 1. The molecule has 1 aromatic rings. The number of thioether (sulfide) groups is 1. The van der Waals surface area contributed by atoms with Crippen molar-refractivity contribution >= 4 is 17.7 Å². The maximum Gasteiger partial charge on any atom is 0.232 e. The fraction of sp³-hybridized carbons (Fsp3) is 0.417. The maximum absolute atomic E-state index is 12.7. The van der Waals surface area contributed by atoms with Gasteiger partial charge in [-0.05, 0) is 24.3 Å². The standard InChI is InChI=1S/C12H14FNO2S/c13-10-1-3-11(4-2-10)17-8-12(16)14-5-9(6-14)7-15/h1-4,9,15H,5-8H2. The Kier molecular flexibility index (Phi) is 4.02. The molecule has 1 aliphatic heterocycles. The molecule has 2 rings (SSSR count). The molecule has 0 bridgehead atoms. The first-order valence-electron chi connectivity index (χ1n) is 5.46. The van der Waals surface area contributed by atoms with Crippen LogP contribution in [-0.2, 0) is 4.79 Å². The molecular weight excluding hydrogens is 241 g/mol. The van der Waals surface area contributed by atoms with E-state index in [1.807, 2.05) is 0 Å². The Morgan fingerprint density at radius 2 is 2.06 bits per heavy atom. The van der Waals surface area contributed by atoms with Gasteiger partial charge < -0.3 is 10.0 Å². The quantitative estimate of drug-likeness (QED) is 0.826. The SMILES string of the molecule is O=C(CSc1ccc(F)cc1)N1CC(CO)C1. The van der Waals surface area contributed by atoms with Crippen LogP contribution in [0.1, 0.15) is 0 Å². The highest BCUT2D eigenvalue weighted by molar-refractivity contribution is 8.00. The van der Waals surface area contributed by atoms with Gasteiger partial charge in [-0.2, -0.15) is 0 Å². The van der Waals surface area contributed by atoms with Crippen molar-refractivity contribution in [1.29, 1.82) is 0 Å². The fourth-order valence-corrected chi connectivity index (χ4v) is 2.46. The molecule has 0 spiro atoms. The first-order valence-corrected chi connectivity index (χ1v) is 6.44. The number of rotatable bonds is 4. The van der Waals surface area contributed by atoms with E-state index in [4.69, 9.17) is 5.11 Å². The summed E-state index contributed by atoms with van der Waals surface area (Å²) in [5.74, 6) is 0.414. The molecule has 0 saturated carbocycles. The van der Waals surface area contributed by atoms with Crippen LogP contribution in [-0.4, -0.2) is 41.4 Å². The van der Waals surface area contributed by atoms with E-state index in [9.17, 15) is 9.18 Å². The van der Waals surface area contributed by atoms with Gasteiger partial charge in [0.2, 0.25) is 5.91 Å². The molecule has 1 fully saturated rings. The summed E-state index contributed by atoms with van der Waals surface area (Å²) in [5, 5.41) is 8.84. The molecule has 1 aliphatic rings. The molecule has 1 amide bonds. The topological polar surface area (TPSA) is 40.5 Å². The van der Waals surface area contributed by atoms with E-state index in [1.165, 1.54) is 23.9 Å². The highest BCUT2D eigenvalue weighted by Gasteiger charge is 2.29. The average molecular weight is 255 g/mol. The monoisotopic (exact) mass is 255 g/mol. The molecule has 0 atom stereocenters. The molecular formula is C12H14FNO2S. The van der Waals surface area contributed by atoms with Crippen LogP contribution in [0.4, 0.5) is 4.39 Å². The van der Waals surface area contributed by atoms with Crippen molar-refractivity contribution in [3.05, 3.63) is 30.1 Å². The molecule has 0 radical (unpaired) electrons. The Morgan fingerprint density at radius 1 is 1.41 bits per heavy atom. The van der Waals surface area contributed by atoms with E-state index < -0.39 is 0 Å². The number of nitrogens with zero attached hydrogens (tertiary/aromatic N) is 1. The second kappa shape index (κ2) is 5.51. The van der Waals surface area contributed by atoms with Crippen LogP contribution in [0.3, 0.4) is 0 Å². The molecule has 0 unspecified atom stereocenters. The molecule has 17 heavy (non-hydrogen) atoms. The average Bonchev–Trinajstić information content (AvgIpc) is 2.27. The van der Waals surface area contributed by atoms with Crippen LogP contribution in [0.25, 0.3) is 0 Å². The van der Waals surface area contributed by atoms with Gasteiger partial charge in [0, 0.05) is 30.5 Å². The number of carbonyl (C=O) groups is 1. The summed E-state index contributed by atoms with van der Waals surface area (Å²) in [4.78, 5) is 14.3. The Morgan fingerprint density at radius 3 is 2.65 bits per heavy atom. The van der Waals surface area contributed by atoms with E-state index in [-0.39, 0.29) is 24.2 Å². The third-order valence-corrected chi connectivity index (χ3v) is 3.74.